The van der Waals surface area contributed by atoms with Crippen molar-refractivity contribution in [1.82, 2.24) is 15.3 Å². The Morgan fingerprint density at radius 2 is 2.19 bits per heavy atom. The lowest BCUT2D eigenvalue weighted by molar-refractivity contribution is 0.0945. The molecule has 1 aromatic carbocycles. The van der Waals surface area contributed by atoms with E-state index in [1.54, 1.807) is 23.6 Å². The number of thiazole rings is 1. The first-order valence-electron chi connectivity index (χ1n) is 7.62. The molecular weight excluding hydrogens is 360 g/mol. The Labute approximate surface area is 151 Å². The zero-order valence-corrected chi connectivity index (χ0v) is 14.2. The first kappa shape index (κ1) is 16.2. The van der Waals surface area contributed by atoms with Crippen LogP contribution in [0.1, 0.15) is 22.1 Å². The number of nitrogens with zero attached hydrogens (tertiary/aromatic N) is 2. The van der Waals surface area contributed by atoms with Crippen LogP contribution >= 0.6 is 11.3 Å². The van der Waals surface area contributed by atoms with E-state index in [-0.39, 0.29) is 37.4 Å². The smallest absolute Gasteiger partial charge is 0.273 e. The molecule has 3 N–H and O–H groups in total. The van der Waals surface area contributed by atoms with Gasteiger partial charge in [-0.2, -0.15) is 0 Å². The SMILES string of the molecule is Nc1nc(CNC(=O)c2coc(COc3ccc4c(c3)OCO4)n2)cs1. The molecule has 0 aliphatic carbocycles. The van der Waals surface area contributed by atoms with Crippen LogP contribution in [-0.2, 0) is 13.2 Å². The highest BCUT2D eigenvalue weighted by Crippen LogP contribution is 2.35. The third kappa shape index (κ3) is 3.54. The Morgan fingerprint density at radius 1 is 1.31 bits per heavy atom. The largest absolute Gasteiger partial charge is 0.484 e. The second-order valence-corrected chi connectivity index (χ2v) is 6.18. The van der Waals surface area contributed by atoms with E-state index in [4.69, 9.17) is 24.4 Å². The number of carbonyl (C=O) groups excluding carboxylic acids is 1. The number of nitrogens with one attached hydrogen (secondary N) is 1. The molecule has 4 rings (SSSR count). The van der Waals surface area contributed by atoms with Crippen molar-refractivity contribution < 1.29 is 23.4 Å². The monoisotopic (exact) mass is 374 g/mol. The number of hydrogen-bond donors (Lipinski definition) is 2. The topological polar surface area (TPSA) is 122 Å². The summed E-state index contributed by atoms with van der Waals surface area (Å²) in [5.41, 5.74) is 6.40. The molecule has 0 unspecified atom stereocenters. The van der Waals surface area contributed by atoms with E-state index >= 15 is 0 Å². The van der Waals surface area contributed by atoms with Gasteiger partial charge in [0.25, 0.3) is 5.91 Å². The van der Waals surface area contributed by atoms with E-state index < -0.39 is 0 Å². The summed E-state index contributed by atoms with van der Waals surface area (Å²) < 4.78 is 21.4. The van der Waals surface area contributed by atoms with E-state index in [9.17, 15) is 4.79 Å². The summed E-state index contributed by atoms with van der Waals surface area (Å²) >= 11 is 1.32. The summed E-state index contributed by atoms with van der Waals surface area (Å²) in [5, 5.41) is 4.94. The molecule has 0 bridgehead atoms. The number of nitrogens with two attached hydrogens (primary N) is 1. The van der Waals surface area contributed by atoms with Gasteiger partial charge >= 0.3 is 0 Å². The fraction of sp³-hybridized carbons (Fsp3) is 0.188. The average Bonchev–Trinajstić information content (AvgIpc) is 3.38. The van der Waals surface area contributed by atoms with Gasteiger partial charge in [-0.1, -0.05) is 0 Å². The number of oxazole rings is 1. The highest BCUT2D eigenvalue weighted by atomic mass is 32.1. The number of fused-ring (bicyclic) bond motifs is 1. The second-order valence-electron chi connectivity index (χ2n) is 5.29. The minimum Gasteiger partial charge on any atom is -0.484 e. The van der Waals surface area contributed by atoms with Gasteiger partial charge in [-0.05, 0) is 12.1 Å². The van der Waals surface area contributed by atoms with E-state index in [0.29, 0.717) is 28.1 Å². The number of benzene rings is 1. The van der Waals surface area contributed by atoms with Gasteiger partial charge in [0, 0.05) is 11.4 Å². The van der Waals surface area contributed by atoms with Crippen LogP contribution in [0.25, 0.3) is 0 Å². The van der Waals surface area contributed by atoms with Gasteiger partial charge in [0.2, 0.25) is 12.7 Å². The highest BCUT2D eigenvalue weighted by Gasteiger charge is 2.15. The maximum Gasteiger partial charge on any atom is 0.273 e. The molecule has 3 heterocycles. The quantitative estimate of drug-likeness (QED) is 0.671. The van der Waals surface area contributed by atoms with E-state index in [0.717, 1.165) is 0 Å². The van der Waals surface area contributed by atoms with Gasteiger partial charge in [0.1, 0.15) is 12.0 Å². The first-order chi connectivity index (χ1) is 12.7. The summed E-state index contributed by atoms with van der Waals surface area (Å²) in [6, 6.07) is 5.24. The van der Waals surface area contributed by atoms with Gasteiger partial charge in [-0.25, -0.2) is 9.97 Å². The molecule has 0 saturated heterocycles. The van der Waals surface area contributed by atoms with Gasteiger partial charge in [-0.15, -0.1) is 11.3 Å². The Morgan fingerprint density at radius 3 is 3.04 bits per heavy atom. The molecule has 10 heteroatoms. The molecule has 2 aromatic heterocycles. The summed E-state index contributed by atoms with van der Waals surface area (Å²) in [6.45, 7) is 0.544. The number of carbonyl (C=O) groups is 1. The maximum atomic E-state index is 12.1. The van der Waals surface area contributed by atoms with Crippen molar-refractivity contribution in [3.8, 4) is 17.2 Å². The molecular formula is C16H14N4O5S. The van der Waals surface area contributed by atoms with Gasteiger partial charge < -0.3 is 29.7 Å². The molecule has 1 amide bonds. The van der Waals surface area contributed by atoms with Crippen molar-refractivity contribution in [2.75, 3.05) is 12.5 Å². The summed E-state index contributed by atoms with van der Waals surface area (Å²) in [6.07, 6.45) is 1.28. The number of ether oxygens (including phenoxy) is 3. The van der Waals surface area contributed by atoms with Crippen molar-refractivity contribution in [1.29, 1.82) is 0 Å². The molecule has 1 aliphatic rings. The number of hydrogen-bond acceptors (Lipinski definition) is 9. The van der Waals surface area contributed by atoms with Crippen LogP contribution in [0.4, 0.5) is 5.13 Å². The van der Waals surface area contributed by atoms with Gasteiger partial charge in [0.05, 0.1) is 12.2 Å². The molecule has 0 atom stereocenters. The molecule has 0 spiro atoms. The van der Waals surface area contributed by atoms with Crippen molar-refractivity contribution in [3.63, 3.8) is 0 Å². The minimum atomic E-state index is -0.366. The fourth-order valence-corrected chi connectivity index (χ4v) is 2.82. The van der Waals surface area contributed by atoms with E-state index in [1.807, 2.05) is 0 Å². The van der Waals surface area contributed by atoms with Crippen molar-refractivity contribution >= 4 is 22.4 Å². The summed E-state index contributed by atoms with van der Waals surface area (Å²) in [7, 11) is 0. The number of nitrogen functional groups attached to an aromatic ring is 1. The highest BCUT2D eigenvalue weighted by molar-refractivity contribution is 7.13. The molecule has 1 aliphatic heterocycles. The predicted molar refractivity (Wildman–Crippen MR) is 91.1 cm³/mol. The van der Waals surface area contributed by atoms with Crippen molar-refractivity contribution in [3.05, 3.63) is 47.1 Å². The van der Waals surface area contributed by atoms with Crippen LogP contribution in [0.5, 0.6) is 17.2 Å². The number of anilines is 1. The van der Waals surface area contributed by atoms with Crippen molar-refractivity contribution in [2.45, 2.75) is 13.2 Å². The van der Waals surface area contributed by atoms with E-state index in [2.05, 4.69) is 15.3 Å². The lowest BCUT2D eigenvalue weighted by Crippen LogP contribution is -2.23. The predicted octanol–water partition coefficient (Wildman–Crippen LogP) is 1.95. The standard InChI is InChI=1S/C16H14N4O5S/c17-16-19-9(7-26-16)4-18-15(21)11-5-23-14(20-11)6-22-10-1-2-12-13(3-10)25-8-24-12/h1-3,5,7H,4,6,8H2,(H2,17,19)(H,18,21). The third-order valence-corrected chi connectivity index (χ3v) is 4.21. The number of rotatable bonds is 6. The zero-order valence-electron chi connectivity index (χ0n) is 13.4. The lowest BCUT2D eigenvalue weighted by atomic mass is 10.3. The second kappa shape index (κ2) is 6.92. The minimum absolute atomic E-state index is 0.0789. The zero-order chi connectivity index (χ0) is 17.9. The Balaban J connectivity index is 1.31. The van der Waals surface area contributed by atoms with Crippen LogP contribution in [-0.4, -0.2) is 22.7 Å². The number of aromatic nitrogens is 2. The molecule has 134 valence electrons. The van der Waals surface area contributed by atoms with Crippen LogP contribution in [0.3, 0.4) is 0 Å². The van der Waals surface area contributed by atoms with E-state index in [1.165, 1.54) is 17.6 Å². The molecule has 0 fully saturated rings. The fourth-order valence-electron chi connectivity index (χ4n) is 2.26. The van der Waals surface area contributed by atoms with Gasteiger partial charge in [0.15, 0.2) is 28.9 Å². The first-order valence-corrected chi connectivity index (χ1v) is 8.50. The average molecular weight is 374 g/mol. The third-order valence-electron chi connectivity index (χ3n) is 3.49. The molecule has 0 saturated carbocycles. The number of amides is 1. The maximum absolute atomic E-state index is 12.1. The molecule has 3 aromatic rings. The summed E-state index contributed by atoms with van der Waals surface area (Å²) in [4.78, 5) is 20.3. The Bertz CT molecular complexity index is 938. The normalized spacial score (nSPS) is 12.2. The molecule has 26 heavy (non-hydrogen) atoms. The van der Waals surface area contributed by atoms with Gasteiger partial charge in [-0.3, -0.25) is 4.79 Å². The Kier molecular flexibility index (Phi) is 4.32. The Hall–Kier alpha value is -3.27. The molecule has 9 nitrogen and oxygen atoms in total. The molecule has 0 radical (unpaired) electrons. The van der Waals surface area contributed by atoms with Crippen LogP contribution in [0, 0.1) is 0 Å². The van der Waals surface area contributed by atoms with Crippen LogP contribution < -0.4 is 25.3 Å². The van der Waals surface area contributed by atoms with Crippen molar-refractivity contribution in [2.24, 2.45) is 0 Å². The van der Waals surface area contributed by atoms with Crippen LogP contribution in [0.2, 0.25) is 0 Å². The lowest BCUT2D eigenvalue weighted by Gasteiger charge is -2.04. The van der Waals surface area contributed by atoms with Crippen LogP contribution in [0.15, 0.2) is 34.3 Å². The summed E-state index contributed by atoms with van der Waals surface area (Å²) in [5.74, 6) is 1.80.